The van der Waals surface area contributed by atoms with Gasteiger partial charge in [-0.15, -0.1) is 0 Å². The van der Waals surface area contributed by atoms with E-state index in [-0.39, 0.29) is 0 Å². The number of hydrogen-bond donors (Lipinski definition) is 0. The van der Waals surface area contributed by atoms with Crippen LogP contribution >= 0.6 is 0 Å². The van der Waals surface area contributed by atoms with Gasteiger partial charge in [-0.25, -0.2) is 0 Å². The molecule has 0 atom stereocenters. The molecule has 0 aliphatic carbocycles. The van der Waals surface area contributed by atoms with Crippen molar-refractivity contribution >= 4 is 26.5 Å². The van der Waals surface area contributed by atoms with Crippen molar-refractivity contribution < 1.29 is 4.74 Å². The van der Waals surface area contributed by atoms with E-state index in [1.54, 1.807) is 5.20 Å². The third-order valence-corrected chi connectivity index (χ3v) is 11.6. The normalized spacial score (nSPS) is 14.3. The Labute approximate surface area is 127 Å². The molecule has 0 rings (SSSR count). The van der Waals surface area contributed by atoms with E-state index in [9.17, 15) is 0 Å². The molecule has 1 nitrogen and oxygen atoms in total. The minimum absolute atomic E-state index is 0.840. The van der Waals surface area contributed by atoms with Crippen LogP contribution in [0.4, 0.5) is 0 Å². The number of rotatable bonds is 9. The van der Waals surface area contributed by atoms with Crippen LogP contribution < -0.4 is 0 Å². The molecule has 0 amide bonds. The Morgan fingerprint density at radius 1 is 0.947 bits per heavy atom. The fourth-order valence-corrected chi connectivity index (χ4v) is 14.5. The van der Waals surface area contributed by atoms with Gasteiger partial charge in [0.2, 0.25) is 0 Å². The van der Waals surface area contributed by atoms with E-state index >= 15 is 0 Å². The Morgan fingerprint density at radius 3 is 1.89 bits per heavy atom. The van der Waals surface area contributed by atoms with Gasteiger partial charge in [0, 0.05) is 0 Å². The van der Waals surface area contributed by atoms with E-state index in [0.29, 0.717) is 0 Å². The summed E-state index contributed by atoms with van der Waals surface area (Å²) in [4.78, 5) is 7.48. The quantitative estimate of drug-likeness (QED) is 0.266. The van der Waals surface area contributed by atoms with Crippen molar-refractivity contribution in [2.24, 2.45) is 0 Å². The number of hydrogen-bond acceptors (Lipinski definition) is 1. The molecule has 0 heterocycles. The average molecular weight is 391 g/mol. The summed E-state index contributed by atoms with van der Waals surface area (Å²) in [5, 5.41) is 1.74. The maximum atomic E-state index is 6.16. The van der Waals surface area contributed by atoms with Crippen molar-refractivity contribution in [1.29, 1.82) is 0 Å². The standard InChI is InChI=1S/C13H27OSi.3CH3.Sn/c1-6-8-9-10-11-13(12-14-7-2)15(3,4)5;;;;/h6-11H2,1-5H3;3*1H3;. The van der Waals surface area contributed by atoms with Crippen LogP contribution in [0.5, 0.6) is 0 Å². The Bertz CT molecular complexity index is 284. The van der Waals surface area contributed by atoms with E-state index < -0.39 is 26.5 Å². The van der Waals surface area contributed by atoms with Gasteiger partial charge < -0.3 is 0 Å². The van der Waals surface area contributed by atoms with Crippen molar-refractivity contribution in [2.45, 2.75) is 80.4 Å². The molecule has 3 heteroatoms. The Hall–Kier alpha value is 0.556. The molecule has 0 spiro atoms. The van der Waals surface area contributed by atoms with E-state index in [1.807, 2.05) is 0 Å². The van der Waals surface area contributed by atoms with Gasteiger partial charge in [-0.3, -0.25) is 0 Å². The average Bonchev–Trinajstić information content (AvgIpc) is 2.24. The molecule has 0 unspecified atom stereocenters. The summed E-state index contributed by atoms with van der Waals surface area (Å²) in [5.41, 5.74) is 0. The molecule has 0 aromatic rings. The first kappa shape index (κ1) is 19.6. The molecule has 0 bridgehead atoms. The van der Waals surface area contributed by atoms with Crippen LogP contribution in [0, 0.1) is 0 Å². The number of ether oxygens (including phenoxy) is 1. The molecule has 0 aliphatic heterocycles. The first-order valence-electron chi connectivity index (χ1n) is 8.01. The fourth-order valence-electron chi connectivity index (χ4n) is 2.46. The predicted molar refractivity (Wildman–Crippen MR) is 94.1 cm³/mol. The zero-order valence-corrected chi connectivity index (χ0v) is 18.5. The first-order chi connectivity index (χ1) is 8.64. The summed E-state index contributed by atoms with van der Waals surface area (Å²) in [7, 11) is -1.25. The zero-order chi connectivity index (χ0) is 15.1. The zero-order valence-electron chi connectivity index (χ0n) is 14.7. The van der Waals surface area contributed by atoms with Gasteiger partial charge in [0.1, 0.15) is 0 Å². The third-order valence-electron chi connectivity index (χ3n) is 3.43. The summed E-state index contributed by atoms with van der Waals surface area (Å²) < 4.78 is 7.65. The van der Waals surface area contributed by atoms with Crippen LogP contribution in [-0.4, -0.2) is 33.1 Å². The maximum absolute atomic E-state index is 6.16. The van der Waals surface area contributed by atoms with Gasteiger partial charge in [-0.05, 0) is 0 Å². The van der Waals surface area contributed by atoms with Gasteiger partial charge >= 0.3 is 127 Å². The topological polar surface area (TPSA) is 9.23 Å². The van der Waals surface area contributed by atoms with Gasteiger partial charge in [-0.1, -0.05) is 0 Å². The molecule has 0 aromatic heterocycles. The predicted octanol–water partition coefficient (Wildman–Crippen LogP) is 6.00. The molecule has 0 aromatic carbocycles. The second-order valence-corrected chi connectivity index (χ2v) is 26.8. The van der Waals surface area contributed by atoms with Gasteiger partial charge in [0.15, 0.2) is 0 Å². The number of allylic oxidation sites excluding steroid dienone is 1. The van der Waals surface area contributed by atoms with Crippen molar-refractivity contribution in [3.8, 4) is 0 Å². The third kappa shape index (κ3) is 7.79. The van der Waals surface area contributed by atoms with Gasteiger partial charge in [0.25, 0.3) is 0 Å². The monoisotopic (exact) mass is 392 g/mol. The summed E-state index contributed by atoms with van der Waals surface area (Å²) in [6.07, 6.45) is 6.72. The van der Waals surface area contributed by atoms with Gasteiger partial charge in [-0.2, -0.15) is 0 Å². The second kappa shape index (κ2) is 8.76. The summed E-state index contributed by atoms with van der Waals surface area (Å²) in [6, 6.07) is 0. The molecule has 0 aliphatic rings. The molecule has 114 valence electrons. The van der Waals surface area contributed by atoms with Crippen molar-refractivity contribution in [1.82, 2.24) is 0 Å². The molecule has 0 radical (unpaired) electrons. The summed E-state index contributed by atoms with van der Waals surface area (Å²) in [6.45, 7) is 12.7. The molecule has 0 N–H and O–H groups in total. The molecule has 0 fully saturated rings. The van der Waals surface area contributed by atoms with Crippen LogP contribution in [0.15, 0.2) is 8.97 Å². The van der Waals surface area contributed by atoms with Crippen LogP contribution in [-0.2, 0) is 4.74 Å². The van der Waals surface area contributed by atoms with Crippen molar-refractivity contribution in [3.63, 3.8) is 0 Å². The van der Waals surface area contributed by atoms with E-state index in [2.05, 4.69) is 48.3 Å². The van der Waals surface area contributed by atoms with Gasteiger partial charge in [0.05, 0.1) is 0 Å². The van der Waals surface area contributed by atoms with Crippen LogP contribution in [0.1, 0.15) is 46.0 Å². The summed E-state index contributed by atoms with van der Waals surface area (Å²) >= 11 is -2.12. The summed E-state index contributed by atoms with van der Waals surface area (Å²) in [5.74, 6) is 0. The second-order valence-electron chi connectivity index (χ2n) is 7.55. The van der Waals surface area contributed by atoms with Crippen molar-refractivity contribution in [3.05, 3.63) is 8.97 Å². The molecular weight excluding hydrogens is 355 g/mol. The first-order valence-corrected chi connectivity index (χ1v) is 21.5. The Kier molecular flexibility index (Phi) is 9.01. The molecule has 19 heavy (non-hydrogen) atoms. The SMILES string of the molecule is CCCCCC/C(=[C](\OCC)[Sn]([CH3])([CH3])[CH3])[Si](C)(C)C. The molecular formula is C16H36OSiSn. The van der Waals surface area contributed by atoms with Crippen LogP contribution in [0.3, 0.4) is 0 Å². The minimum atomic E-state index is -2.12. The fraction of sp³-hybridized carbons (Fsp3) is 0.875. The van der Waals surface area contributed by atoms with Crippen molar-refractivity contribution in [2.75, 3.05) is 6.61 Å². The molecule has 0 saturated carbocycles. The Balaban J connectivity index is 5.16. The Morgan fingerprint density at radius 2 is 1.53 bits per heavy atom. The van der Waals surface area contributed by atoms with Crippen LogP contribution in [0.25, 0.3) is 0 Å². The molecule has 0 saturated heterocycles. The van der Waals surface area contributed by atoms with E-state index in [1.165, 1.54) is 35.9 Å². The number of unbranched alkanes of at least 4 members (excludes halogenated alkanes) is 3. The van der Waals surface area contributed by atoms with Crippen LogP contribution in [0.2, 0.25) is 34.5 Å². The van der Waals surface area contributed by atoms with E-state index in [0.717, 1.165) is 6.61 Å². The van der Waals surface area contributed by atoms with E-state index in [4.69, 9.17) is 4.74 Å².